The standard InChI is InChI=1S/C11H7NO3S/c13-5-10-12-9(6-16-10)7-1-3-8(4-2-7)11(14)15/h1-6H,(H,14,15). The molecule has 1 aromatic carbocycles. The molecule has 0 aliphatic carbocycles. The third-order valence-corrected chi connectivity index (χ3v) is 2.82. The van der Waals surface area contributed by atoms with Crippen LogP contribution in [0.2, 0.25) is 0 Å². The number of carbonyl (C=O) groups is 2. The summed E-state index contributed by atoms with van der Waals surface area (Å²) in [5.74, 6) is -0.960. The van der Waals surface area contributed by atoms with E-state index in [-0.39, 0.29) is 5.56 Å². The third kappa shape index (κ3) is 1.99. The van der Waals surface area contributed by atoms with Gasteiger partial charge in [0.05, 0.1) is 11.3 Å². The van der Waals surface area contributed by atoms with E-state index in [2.05, 4.69) is 4.98 Å². The van der Waals surface area contributed by atoms with Gasteiger partial charge in [0.2, 0.25) is 0 Å². The van der Waals surface area contributed by atoms with Crippen molar-refractivity contribution in [1.82, 2.24) is 4.98 Å². The molecule has 2 aromatic rings. The van der Waals surface area contributed by atoms with Crippen molar-refractivity contribution in [1.29, 1.82) is 0 Å². The minimum atomic E-state index is -0.960. The lowest BCUT2D eigenvalue weighted by Crippen LogP contribution is -1.94. The lowest BCUT2D eigenvalue weighted by atomic mass is 10.1. The minimum Gasteiger partial charge on any atom is -0.478 e. The number of hydrogen-bond donors (Lipinski definition) is 1. The summed E-state index contributed by atoms with van der Waals surface area (Å²) in [4.78, 5) is 25.2. The van der Waals surface area contributed by atoms with Crippen LogP contribution < -0.4 is 0 Å². The molecule has 0 spiro atoms. The molecule has 0 radical (unpaired) electrons. The van der Waals surface area contributed by atoms with E-state index in [1.54, 1.807) is 17.5 Å². The average molecular weight is 233 g/mol. The molecular formula is C11H7NO3S. The maximum absolute atomic E-state index is 10.6. The van der Waals surface area contributed by atoms with Crippen LogP contribution in [0.15, 0.2) is 29.6 Å². The first-order valence-electron chi connectivity index (χ1n) is 4.45. The zero-order chi connectivity index (χ0) is 11.5. The summed E-state index contributed by atoms with van der Waals surface area (Å²) in [7, 11) is 0. The summed E-state index contributed by atoms with van der Waals surface area (Å²) in [6, 6.07) is 6.37. The molecule has 0 aliphatic rings. The van der Waals surface area contributed by atoms with Crippen molar-refractivity contribution in [2.75, 3.05) is 0 Å². The van der Waals surface area contributed by atoms with Gasteiger partial charge in [-0.2, -0.15) is 0 Å². The number of carboxylic acids is 1. The molecule has 0 bridgehead atoms. The molecule has 0 aliphatic heterocycles. The van der Waals surface area contributed by atoms with E-state index < -0.39 is 5.97 Å². The molecule has 0 saturated heterocycles. The Morgan fingerprint density at radius 1 is 1.31 bits per heavy atom. The van der Waals surface area contributed by atoms with Crippen molar-refractivity contribution >= 4 is 23.6 Å². The van der Waals surface area contributed by atoms with Crippen LogP contribution in [-0.2, 0) is 0 Å². The van der Waals surface area contributed by atoms with E-state index in [1.165, 1.54) is 23.5 Å². The largest absolute Gasteiger partial charge is 0.478 e. The van der Waals surface area contributed by atoms with E-state index in [9.17, 15) is 9.59 Å². The Morgan fingerprint density at radius 2 is 2.00 bits per heavy atom. The van der Waals surface area contributed by atoms with Crippen LogP contribution in [0.4, 0.5) is 0 Å². The number of carbonyl (C=O) groups excluding carboxylic acids is 1. The highest BCUT2D eigenvalue weighted by Crippen LogP contribution is 2.21. The fraction of sp³-hybridized carbons (Fsp3) is 0. The second kappa shape index (κ2) is 4.24. The van der Waals surface area contributed by atoms with Crippen LogP contribution in [0.3, 0.4) is 0 Å². The van der Waals surface area contributed by atoms with Crippen molar-refractivity contribution in [2.45, 2.75) is 0 Å². The van der Waals surface area contributed by atoms with Crippen molar-refractivity contribution < 1.29 is 14.7 Å². The van der Waals surface area contributed by atoms with Gasteiger partial charge in [0.15, 0.2) is 11.3 Å². The van der Waals surface area contributed by atoms with Crippen LogP contribution in [0.5, 0.6) is 0 Å². The van der Waals surface area contributed by atoms with Crippen molar-refractivity contribution in [3.63, 3.8) is 0 Å². The Hall–Kier alpha value is -2.01. The van der Waals surface area contributed by atoms with Gasteiger partial charge < -0.3 is 5.11 Å². The molecule has 1 heterocycles. The predicted octanol–water partition coefficient (Wildman–Crippen LogP) is 2.32. The van der Waals surface area contributed by atoms with Crippen LogP contribution in [0.1, 0.15) is 20.2 Å². The first-order chi connectivity index (χ1) is 7.70. The summed E-state index contributed by atoms with van der Waals surface area (Å²) in [6.45, 7) is 0. The molecule has 16 heavy (non-hydrogen) atoms. The fourth-order valence-electron chi connectivity index (χ4n) is 1.26. The monoisotopic (exact) mass is 233 g/mol. The molecule has 5 heteroatoms. The maximum atomic E-state index is 10.6. The van der Waals surface area contributed by atoms with Crippen molar-refractivity contribution in [3.05, 3.63) is 40.2 Å². The van der Waals surface area contributed by atoms with Gasteiger partial charge in [0.1, 0.15) is 0 Å². The molecule has 0 amide bonds. The number of aldehydes is 1. The number of aromatic nitrogens is 1. The normalized spacial score (nSPS) is 10.0. The highest BCUT2D eigenvalue weighted by Gasteiger charge is 2.06. The van der Waals surface area contributed by atoms with Gasteiger partial charge in [-0.3, -0.25) is 4.79 Å². The highest BCUT2D eigenvalue weighted by molar-refractivity contribution is 7.11. The second-order valence-electron chi connectivity index (χ2n) is 3.07. The van der Waals surface area contributed by atoms with E-state index in [4.69, 9.17) is 5.11 Å². The molecule has 4 nitrogen and oxygen atoms in total. The Kier molecular flexibility index (Phi) is 2.78. The molecule has 2 rings (SSSR count). The van der Waals surface area contributed by atoms with Crippen LogP contribution in [-0.4, -0.2) is 22.3 Å². The van der Waals surface area contributed by atoms with Crippen molar-refractivity contribution in [3.8, 4) is 11.3 Å². The number of thiazole rings is 1. The van der Waals surface area contributed by atoms with E-state index in [0.29, 0.717) is 17.0 Å². The molecule has 0 fully saturated rings. The SMILES string of the molecule is O=Cc1nc(-c2ccc(C(=O)O)cc2)cs1. The lowest BCUT2D eigenvalue weighted by Gasteiger charge is -1.97. The molecular weight excluding hydrogens is 226 g/mol. The van der Waals surface area contributed by atoms with Gasteiger partial charge in [-0.05, 0) is 12.1 Å². The smallest absolute Gasteiger partial charge is 0.335 e. The Morgan fingerprint density at radius 3 is 2.50 bits per heavy atom. The second-order valence-corrected chi connectivity index (χ2v) is 3.96. The molecule has 1 aromatic heterocycles. The van der Waals surface area contributed by atoms with E-state index in [1.807, 2.05) is 0 Å². The lowest BCUT2D eigenvalue weighted by molar-refractivity contribution is 0.0696. The van der Waals surface area contributed by atoms with Gasteiger partial charge in [-0.25, -0.2) is 9.78 Å². The fourth-order valence-corrected chi connectivity index (χ4v) is 1.89. The number of hydrogen-bond acceptors (Lipinski definition) is 4. The quantitative estimate of drug-likeness (QED) is 0.826. The Labute approximate surface area is 95.2 Å². The molecule has 80 valence electrons. The van der Waals surface area contributed by atoms with Crippen molar-refractivity contribution in [2.24, 2.45) is 0 Å². The average Bonchev–Trinajstić information content (AvgIpc) is 2.77. The van der Waals surface area contributed by atoms with E-state index in [0.717, 1.165) is 5.56 Å². The van der Waals surface area contributed by atoms with Gasteiger partial charge in [-0.15, -0.1) is 11.3 Å². The molecule has 0 unspecified atom stereocenters. The van der Waals surface area contributed by atoms with E-state index >= 15 is 0 Å². The number of nitrogens with zero attached hydrogens (tertiary/aromatic N) is 1. The maximum Gasteiger partial charge on any atom is 0.335 e. The predicted molar refractivity (Wildman–Crippen MR) is 59.9 cm³/mol. The first kappa shape index (κ1) is 10.5. The molecule has 0 atom stereocenters. The topological polar surface area (TPSA) is 67.3 Å². The summed E-state index contributed by atoms with van der Waals surface area (Å²) in [5.41, 5.74) is 1.72. The summed E-state index contributed by atoms with van der Waals surface area (Å²) < 4.78 is 0. The third-order valence-electron chi connectivity index (χ3n) is 2.05. The van der Waals surface area contributed by atoms with Gasteiger partial charge in [0.25, 0.3) is 0 Å². The van der Waals surface area contributed by atoms with Crippen LogP contribution >= 0.6 is 11.3 Å². The zero-order valence-corrected chi connectivity index (χ0v) is 8.90. The van der Waals surface area contributed by atoms with Crippen LogP contribution in [0.25, 0.3) is 11.3 Å². The Balaban J connectivity index is 2.34. The highest BCUT2D eigenvalue weighted by atomic mass is 32.1. The molecule has 1 N–H and O–H groups in total. The Bertz CT molecular complexity index is 530. The van der Waals surface area contributed by atoms with Gasteiger partial charge in [-0.1, -0.05) is 12.1 Å². The number of aromatic carboxylic acids is 1. The van der Waals surface area contributed by atoms with Gasteiger partial charge in [0, 0.05) is 10.9 Å². The molecule has 0 saturated carbocycles. The minimum absolute atomic E-state index is 0.231. The first-order valence-corrected chi connectivity index (χ1v) is 5.33. The summed E-state index contributed by atoms with van der Waals surface area (Å²) in [6.07, 6.45) is 0.694. The summed E-state index contributed by atoms with van der Waals surface area (Å²) >= 11 is 1.26. The number of carboxylic acid groups (broad SMARTS) is 1. The van der Waals surface area contributed by atoms with Gasteiger partial charge >= 0.3 is 5.97 Å². The zero-order valence-electron chi connectivity index (χ0n) is 8.08. The van der Waals surface area contributed by atoms with Crippen LogP contribution in [0, 0.1) is 0 Å². The number of rotatable bonds is 3. The summed E-state index contributed by atoms with van der Waals surface area (Å²) in [5, 5.41) is 10.9. The number of benzene rings is 1.